The normalized spacial score (nSPS) is 19.3. The van der Waals surface area contributed by atoms with Gasteiger partial charge in [0.1, 0.15) is 5.82 Å². The van der Waals surface area contributed by atoms with Crippen molar-refractivity contribution in [2.45, 2.75) is 30.1 Å². The lowest BCUT2D eigenvalue weighted by molar-refractivity contribution is -0.116. The van der Waals surface area contributed by atoms with E-state index in [0.717, 1.165) is 0 Å². The van der Waals surface area contributed by atoms with E-state index in [1.54, 1.807) is 41.3 Å². The van der Waals surface area contributed by atoms with Crippen molar-refractivity contribution in [1.82, 2.24) is 0 Å². The second-order valence-corrected chi connectivity index (χ2v) is 9.35. The summed E-state index contributed by atoms with van der Waals surface area (Å²) in [5, 5.41) is 15.6. The maximum absolute atomic E-state index is 13.1. The molecule has 2 aliphatic rings. The molecule has 2 aromatic rings. The number of sulfonamides is 1. The van der Waals surface area contributed by atoms with Crippen molar-refractivity contribution >= 4 is 33.1 Å². The molecule has 0 bridgehead atoms. The molecule has 0 amide bonds. The molecule has 0 radical (unpaired) electrons. The molecule has 4 N–H and O–H groups in total. The van der Waals surface area contributed by atoms with Crippen LogP contribution in [0.2, 0.25) is 5.02 Å². The summed E-state index contributed by atoms with van der Waals surface area (Å²) in [7, 11) is -3.86. The third-order valence-electron chi connectivity index (χ3n) is 5.55. The molecule has 0 aromatic heterocycles. The summed E-state index contributed by atoms with van der Waals surface area (Å²) in [4.78, 5) is 14.7. The Bertz CT molecular complexity index is 1290. The zero-order chi connectivity index (χ0) is 22.3. The monoisotopic (exact) mass is 454 g/mol. The van der Waals surface area contributed by atoms with Crippen molar-refractivity contribution in [2.24, 2.45) is 10.9 Å². The van der Waals surface area contributed by atoms with Gasteiger partial charge in [-0.15, -0.1) is 0 Å². The van der Waals surface area contributed by atoms with Crippen LogP contribution in [0.25, 0.3) is 0 Å². The molecule has 1 atom stereocenters. The minimum atomic E-state index is -3.86. The lowest BCUT2D eigenvalue weighted by atomic mass is 9.75. The van der Waals surface area contributed by atoms with Gasteiger partial charge in [-0.1, -0.05) is 29.8 Å². The molecule has 1 aliphatic carbocycles. The Hall–Kier alpha value is -3.12. The molecule has 7 nitrogen and oxygen atoms in total. The summed E-state index contributed by atoms with van der Waals surface area (Å²) in [5.74, 6) is -0.525. The predicted octanol–water partition coefficient (Wildman–Crippen LogP) is 3.29. The summed E-state index contributed by atoms with van der Waals surface area (Å²) >= 11 is 6.43. The first-order valence-corrected chi connectivity index (χ1v) is 11.5. The summed E-state index contributed by atoms with van der Waals surface area (Å²) < 4.78 is 23.2. The zero-order valence-corrected chi connectivity index (χ0v) is 17.9. The van der Waals surface area contributed by atoms with Gasteiger partial charge < -0.3 is 5.73 Å². The van der Waals surface area contributed by atoms with E-state index in [1.807, 2.05) is 0 Å². The minimum Gasteiger partial charge on any atom is -0.384 e. The van der Waals surface area contributed by atoms with E-state index < -0.39 is 15.9 Å². The van der Waals surface area contributed by atoms with Crippen LogP contribution in [0.3, 0.4) is 0 Å². The molecule has 4 rings (SSSR count). The fraction of sp³-hybridized carbons (Fsp3) is 0.182. The van der Waals surface area contributed by atoms with E-state index in [-0.39, 0.29) is 22.1 Å². The van der Waals surface area contributed by atoms with Crippen LogP contribution in [0.5, 0.6) is 0 Å². The van der Waals surface area contributed by atoms with Gasteiger partial charge in [-0.2, -0.15) is 5.26 Å². The summed E-state index contributed by atoms with van der Waals surface area (Å²) in [6, 6.07) is 15.1. The van der Waals surface area contributed by atoms with Crippen LogP contribution < -0.4 is 15.8 Å². The maximum Gasteiger partial charge on any atom is 0.238 e. The van der Waals surface area contributed by atoms with Crippen molar-refractivity contribution in [1.29, 1.82) is 5.26 Å². The van der Waals surface area contributed by atoms with Crippen LogP contribution in [-0.4, -0.2) is 14.2 Å². The van der Waals surface area contributed by atoms with Crippen LogP contribution in [-0.2, 0) is 14.8 Å². The number of carbonyl (C=O) groups is 1. The van der Waals surface area contributed by atoms with Crippen molar-refractivity contribution in [3.8, 4) is 6.07 Å². The SMILES string of the molecule is N#CC1=C(N)N(c2ccc(S(N)(=O)=O)cc2)C2=C(C(=O)CCC2)C1c1ccccc1Cl. The van der Waals surface area contributed by atoms with E-state index in [9.17, 15) is 18.5 Å². The molecule has 2 aromatic carbocycles. The first-order chi connectivity index (χ1) is 14.7. The lowest BCUT2D eigenvalue weighted by Gasteiger charge is -2.39. The molecule has 1 aliphatic heterocycles. The molecule has 9 heteroatoms. The Labute approximate surface area is 185 Å². The Balaban J connectivity index is 1.94. The Morgan fingerprint density at radius 2 is 1.77 bits per heavy atom. The lowest BCUT2D eigenvalue weighted by Crippen LogP contribution is -2.38. The van der Waals surface area contributed by atoms with Crippen molar-refractivity contribution in [3.63, 3.8) is 0 Å². The van der Waals surface area contributed by atoms with Gasteiger partial charge in [0, 0.05) is 28.4 Å². The highest BCUT2D eigenvalue weighted by Crippen LogP contribution is 2.47. The van der Waals surface area contributed by atoms with Crippen LogP contribution in [0.1, 0.15) is 30.7 Å². The van der Waals surface area contributed by atoms with Gasteiger partial charge in [-0.3, -0.25) is 9.69 Å². The highest BCUT2D eigenvalue weighted by Gasteiger charge is 2.40. The van der Waals surface area contributed by atoms with E-state index in [2.05, 4.69) is 6.07 Å². The van der Waals surface area contributed by atoms with Gasteiger partial charge >= 0.3 is 0 Å². The van der Waals surface area contributed by atoms with E-state index in [4.69, 9.17) is 22.5 Å². The fourth-order valence-electron chi connectivity index (χ4n) is 4.19. The number of anilines is 1. The van der Waals surface area contributed by atoms with Gasteiger partial charge in [0.15, 0.2) is 5.78 Å². The molecule has 0 saturated heterocycles. The summed E-state index contributed by atoms with van der Waals surface area (Å²) in [6.07, 6.45) is 1.60. The van der Waals surface area contributed by atoms with E-state index >= 15 is 0 Å². The number of ketones is 1. The molecular weight excluding hydrogens is 436 g/mol. The van der Waals surface area contributed by atoms with Gasteiger partial charge in [0.2, 0.25) is 10.0 Å². The van der Waals surface area contributed by atoms with Gasteiger partial charge in [0.05, 0.1) is 22.5 Å². The molecule has 0 fully saturated rings. The number of nitrogens with zero attached hydrogens (tertiary/aromatic N) is 2. The molecule has 0 spiro atoms. The second kappa shape index (κ2) is 7.85. The molecule has 158 valence electrons. The Kier molecular flexibility index (Phi) is 5.35. The number of rotatable bonds is 3. The smallest absolute Gasteiger partial charge is 0.238 e. The number of Topliss-reactive ketones (excluding diaryl/α,β-unsaturated/α-hetero) is 1. The topological polar surface area (TPSA) is 130 Å². The molecular formula is C22H19ClN4O3S. The van der Waals surface area contributed by atoms with Crippen molar-refractivity contribution < 1.29 is 13.2 Å². The number of allylic oxidation sites excluding steroid dienone is 3. The van der Waals surface area contributed by atoms with E-state index in [1.165, 1.54) is 12.1 Å². The number of hydrogen-bond donors (Lipinski definition) is 2. The quantitative estimate of drug-likeness (QED) is 0.731. The second-order valence-electron chi connectivity index (χ2n) is 7.38. The number of halogens is 1. The third kappa shape index (κ3) is 3.61. The average Bonchev–Trinajstić information content (AvgIpc) is 2.73. The van der Waals surface area contributed by atoms with Crippen LogP contribution >= 0.6 is 11.6 Å². The number of carbonyl (C=O) groups excluding carboxylic acids is 1. The minimum absolute atomic E-state index is 0.0424. The maximum atomic E-state index is 13.1. The number of nitriles is 1. The molecule has 1 unspecified atom stereocenters. The largest absolute Gasteiger partial charge is 0.384 e. The number of primary sulfonamides is 1. The zero-order valence-electron chi connectivity index (χ0n) is 16.4. The van der Waals surface area contributed by atoms with Gasteiger partial charge in [-0.05, 0) is 48.7 Å². The Morgan fingerprint density at radius 3 is 2.39 bits per heavy atom. The predicted molar refractivity (Wildman–Crippen MR) is 117 cm³/mol. The molecule has 31 heavy (non-hydrogen) atoms. The Morgan fingerprint density at radius 1 is 1.10 bits per heavy atom. The summed E-state index contributed by atoms with van der Waals surface area (Å²) in [6.45, 7) is 0. The van der Waals surface area contributed by atoms with E-state index in [0.29, 0.717) is 46.8 Å². The van der Waals surface area contributed by atoms with Crippen molar-refractivity contribution in [2.75, 3.05) is 4.90 Å². The standard InChI is InChI=1S/C22H19ClN4O3S/c23-17-5-2-1-4-15(17)20-16(12-24)22(25)27(18-6-3-7-19(28)21(18)20)13-8-10-14(11-9-13)31(26,29)30/h1-2,4-5,8-11,20H,3,6-7,25H2,(H2,26,29,30). The van der Waals surface area contributed by atoms with Gasteiger partial charge in [-0.25, -0.2) is 13.6 Å². The van der Waals surface area contributed by atoms with Crippen LogP contribution in [0.4, 0.5) is 5.69 Å². The fourth-order valence-corrected chi connectivity index (χ4v) is 4.95. The first-order valence-electron chi connectivity index (χ1n) is 9.57. The summed E-state index contributed by atoms with van der Waals surface area (Å²) in [5.41, 5.74) is 9.08. The highest BCUT2D eigenvalue weighted by molar-refractivity contribution is 7.89. The average molecular weight is 455 g/mol. The van der Waals surface area contributed by atoms with Crippen molar-refractivity contribution in [3.05, 3.63) is 81.8 Å². The first kappa shape index (κ1) is 21.1. The van der Waals surface area contributed by atoms with Crippen LogP contribution in [0.15, 0.2) is 76.1 Å². The molecule has 0 saturated carbocycles. The third-order valence-corrected chi connectivity index (χ3v) is 6.83. The number of benzene rings is 2. The van der Waals surface area contributed by atoms with Gasteiger partial charge in [0.25, 0.3) is 0 Å². The number of nitrogens with two attached hydrogens (primary N) is 2. The number of hydrogen-bond acceptors (Lipinski definition) is 6. The molecule has 1 heterocycles. The van der Waals surface area contributed by atoms with Crippen LogP contribution in [0, 0.1) is 11.3 Å². The highest BCUT2D eigenvalue weighted by atomic mass is 35.5.